The molecule has 0 aliphatic carbocycles. The van der Waals surface area contributed by atoms with Crippen molar-refractivity contribution in [3.63, 3.8) is 0 Å². The first-order valence-electron chi connectivity index (χ1n) is 9.69. The third kappa shape index (κ3) is 3.81. The normalized spacial score (nSPS) is 13.8. The highest BCUT2D eigenvalue weighted by molar-refractivity contribution is 5.97. The number of hydrogen-bond acceptors (Lipinski definition) is 4. The largest absolute Gasteiger partial charge is 0.497 e. The maximum atomic E-state index is 12.5. The lowest BCUT2D eigenvalue weighted by Gasteiger charge is -2.18. The number of esters is 1. The van der Waals surface area contributed by atoms with Crippen LogP contribution in [0.4, 0.5) is 5.69 Å². The van der Waals surface area contributed by atoms with Crippen LogP contribution in [0.25, 0.3) is 10.8 Å². The SMILES string of the molecule is COc1ccc2cc([C@H](C)C(=O)OCC(=O)N3CCc4ccccc43)ccc2c1. The van der Waals surface area contributed by atoms with E-state index in [1.807, 2.05) is 60.7 Å². The molecule has 0 bridgehead atoms. The van der Waals surface area contributed by atoms with Crippen molar-refractivity contribution in [1.82, 2.24) is 0 Å². The minimum absolute atomic E-state index is 0.193. The number of carbonyl (C=O) groups excluding carboxylic acids is 2. The number of amides is 1. The molecule has 1 amide bonds. The van der Waals surface area contributed by atoms with Crippen molar-refractivity contribution >= 4 is 28.3 Å². The van der Waals surface area contributed by atoms with Crippen LogP contribution in [0.2, 0.25) is 0 Å². The molecule has 4 rings (SSSR count). The molecule has 0 spiro atoms. The molecule has 3 aromatic rings. The number of methoxy groups -OCH3 is 1. The Bertz CT molecular complexity index is 1080. The van der Waals surface area contributed by atoms with E-state index >= 15 is 0 Å². The van der Waals surface area contributed by atoms with Gasteiger partial charge in [-0.3, -0.25) is 9.59 Å². The molecule has 1 aliphatic heterocycles. The van der Waals surface area contributed by atoms with Crippen LogP contribution in [-0.2, 0) is 20.7 Å². The van der Waals surface area contributed by atoms with E-state index in [-0.39, 0.29) is 12.5 Å². The second kappa shape index (κ2) is 7.95. The highest BCUT2D eigenvalue weighted by Crippen LogP contribution is 2.28. The third-order valence-electron chi connectivity index (χ3n) is 5.45. The number of anilines is 1. The Hall–Kier alpha value is -3.34. The third-order valence-corrected chi connectivity index (χ3v) is 5.45. The monoisotopic (exact) mass is 389 g/mol. The molecule has 1 aliphatic rings. The number of rotatable bonds is 5. The van der Waals surface area contributed by atoms with Gasteiger partial charge < -0.3 is 14.4 Å². The van der Waals surface area contributed by atoms with Crippen molar-refractivity contribution in [2.24, 2.45) is 0 Å². The fourth-order valence-electron chi connectivity index (χ4n) is 3.71. The van der Waals surface area contributed by atoms with E-state index < -0.39 is 11.9 Å². The maximum Gasteiger partial charge on any atom is 0.313 e. The van der Waals surface area contributed by atoms with Crippen molar-refractivity contribution in [1.29, 1.82) is 0 Å². The second-order valence-corrected chi connectivity index (χ2v) is 7.23. The fourth-order valence-corrected chi connectivity index (χ4v) is 3.71. The van der Waals surface area contributed by atoms with Gasteiger partial charge in [0.05, 0.1) is 13.0 Å². The molecule has 5 nitrogen and oxygen atoms in total. The standard InChI is InChI=1S/C24H23NO4/c1-16(18-7-8-20-14-21(28-2)10-9-19(20)13-18)24(27)29-15-23(26)25-12-11-17-5-3-4-6-22(17)25/h3-10,13-14,16H,11-12,15H2,1-2H3/t16-/m0/s1. The van der Waals surface area contributed by atoms with Gasteiger partial charge in [-0.05, 0) is 53.4 Å². The molecule has 0 fully saturated rings. The molecule has 5 heteroatoms. The molecule has 29 heavy (non-hydrogen) atoms. The maximum absolute atomic E-state index is 12.5. The van der Waals surface area contributed by atoms with E-state index in [1.54, 1.807) is 18.9 Å². The van der Waals surface area contributed by atoms with Crippen LogP contribution in [0, 0.1) is 0 Å². The average molecular weight is 389 g/mol. The summed E-state index contributed by atoms with van der Waals surface area (Å²) in [5.41, 5.74) is 2.91. The van der Waals surface area contributed by atoms with Gasteiger partial charge in [0, 0.05) is 12.2 Å². The molecular formula is C24H23NO4. The van der Waals surface area contributed by atoms with Gasteiger partial charge in [0.25, 0.3) is 5.91 Å². The summed E-state index contributed by atoms with van der Waals surface area (Å²) in [4.78, 5) is 26.8. The summed E-state index contributed by atoms with van der Waals surface area (Å²) >= 11 is 0. The topological polar surface area (TPSA) is 55.8 Å². The number of fused-ring (bicyclic) bond motifs is 2. The molecule has 0 saturated heterocycles. The van der Waals surface area contributed by atoms with E-state index in [2.05, 4.69) is 0 Å². The van der Waals surface area contributed by atoms with Gasteiger partial charge in [0.1, 0.15) is 5.75 Å². The lowest BCUT2D eigenvalue weighted by Crippen LogP contribution is -2.33. The zero-order chi connectivity index (χ0) is 20.4. The molecule has 3 aromatic carbocycles. The number of carbonyl (C=O) groups is 2. The van der Waals surface area contributed by atoms with Gasteiger partial charge >= 0.3 is 5.97 Å². The summed E-state index contributed by atoms with van der Waals surface area (Å²) in [7, 11) is 1.63. The number of hydrogen-bond donors (Lipinski definition) is 0. The van der Waals surface area contributed by atoms with Crippen molar-refractivity contribution in [3.05, 3.63) is 71.8 Å². The molecule has 0 unspecified atom stereocenters. The highest BCUT2D eigenvalue weighted by atomic mass is 16.5. The fraction of sp³-hybridized carbons (Fsp3) is 0.250. The predicted molar refractivity (Wildman–Crippen MR) is 112 cm³/mol. The second-order valence-electron chi connectivity index (χ2n) is 7.23. The first-order valence-corrected chi connectivity index (χ1v) is 9.69. The predicted octanol–water partition coefficient (Wildman–Crippen LogP) is 4.08. The van der Waals surface area contributed by atoms with Gasteiger partial charge in [-0.15, -0.1) is 0 Å². The molecule has 0 saturated carbocycles. The van der Waals surface area contributed by atoms with E-state index in [9.17, 15) is 9.59 Å². The lowest BCUT2D eigenvalue weighted by molar-refractivity contribution is -0.149. The number of nitrogens with zero attached hydrogens (tertiary/aromatic N) is 1. The quantitative estimate of drug-likeness (QED) is 0.617. The number of benzene rings is 3. The van der Waals surface area contributed by atoms with Crippen LogP contribution in [0.15, 0.2) is 60.7 Å². The summed E-state index contributed by atoms with van der Waals surface area (Å²) in [6.07, 6.45) is 0.828. The van der Waals surface area contributed by atoms with E-state index in [1.165, 1.54) is 0 Å². The molecule has 148 valence electrons. The first kappa shape index (κ1) is 19.0. The lowest BCUT2D eigenvalue weighted by atomic mass is 9.98. The molecule has 0 N–H and O–H groups in total. The van der Waals surface area contributed by atoms with Gasteiger partial charge in [-0.2, -0.15) is 0 Å². The van der Waals surface area contributed by atoms with Crippen LogP contribution in [0.5, 0.6) is 5.75 Å². The summed E-state index contributed by atoms with van der Waals surface area (Å²) in [5.74, 6) is -0.264. The Morgan fingerprint density at radius 2 is 1.79 bits per heavy atom. The van der Waals surface area contributed by atoms with Gasteiger partial charge in [0.15, 0.2) is 6.61 Å². The average Bonchev–Trinajstić information content (AvgIpc) is 3.20. The zero-order valence-corrected chi connectivity index (χ0v) is 16.6. The van der Waals surface area contributed by atoms with Crippen molar-refractivity contribution in [2.75, 3.05) is 25.2 Å². The Morgan fingerprint density at radius 3 is 2.62 bits per heavy atom. The van der Waals surface area contributed by atoms with Crippen LogP contribution in [-0.4, -0.2) is 32.1 Å². The van der Waals surface area contributed by atoms with E-state index in [0.717, 1.165) is 39.8 Å². The highest BCUT2D eigenvalue weighted by Gasteiger charge is 2.26. The van der Waals surface area contributed by atoms with Gasteiger partial charge in [-0.25, -0.2) is 0 Å². The summed E-state index contributed by atoms with van der Waals surface area (Å²) in [6, 6.07) is 19.5. The van der Waals surface area contributed by atoms with E-state index in [0.29, 0.717) is 6.54 Å². The van der Waals surface area contributed by atoms with Crippen LogP contribution >= 0.6 is 0 Å². The molecule has 0 aromatic heterocycles. The minimum atomic E-state index is -0.458. The summed E-state index contributed by atoms with van der Waals surface area (Å²) in [6.45, 7) is 2.17. The molecular weight excluding hydrogens is 366 g/mol. The Balaban J connectivity index is 1.41. The Morgan fingerprint density at radius 1 is 1.03 bits per heavy atom. The molecule has 1 atom stereocenters. The number of para-hydroxylation sites is 1. The zero-order valence-electron chi connectivity index (χ0n) is 16.6. The Labute approximate surface area is 169 Å². The van der Waals surface area contributed by atoms with Crippen molar-refractivity contribution < 1.29 is 19.1 Å². The summed E-state index contributed by atoms with van der Waals surface area (Å²) < 4.78 is 10.6. The Kier molecular flexibility index (Phi) is 5.21. The van der Waals surface area contributed by atoms with E-state index in [4.69, 9.17) is 9.47 Å². The first-order chi connectivity index (χ1) is 14.1. The van der Waals surface area contributed by atoms with Gasteiger partial charge in [0.2, 0.25) is 0 Å². The smallest absolute Gasteiger partial charge is 0.313 e. The van der Waals surface area contributed by atoms with Crippen LogP contribution < -0.4 is 9.64 Å². The molecule has 0 radical (unpaired) electrons. The number of ether oxygens (including phenoxy) is 2. The van der Waals surface area contributed by atoms with Crippen molar-refractivity contribution in [3.8, 4) is 5.75 Å². The van der Waals surface area contributed by atoms with Crippen LogP contribution in [0.1, 0.15) is 24.0 Å². The van der Waals surface area contributed by atoms with Crippen LogP contribution in [0.3, 0.4) is 0 Å². The van der Waals surface area contributed by atoms with Gasteiger partial charge in [-0.1, -0.05) is 42.5 Å². The van der Waals surface area contributed by atoms with Crippen molar-refractivity contribution in [2.45, 2.75) is 19.3 Å². The minimum Gasteiger partial charge on any atom is -0.497 e. The molecule has 1 heterocycles. The summed E-state index contributed by atoms with van der Waals surface area (Å²) in [5, 5.41) is 2.06.